The molecule has 1 saturated heterocycles. The molecule has 2 heterocycles. The number of carbonyl (C=O) groups excluding carboxylic acids is 2. The van der Waals surface area contributed by atoms with E-state index in [9.17, 15) is 9.59 Å². The predicted octanol–water partition coefficient (Wildman–Crippen LogP) is 3.36. The molecule has 1 fully saturated rings. The van der Waals surface area contributed by atoms with E-state index in [2.05, 4.69) is 10.2 Å². The van der Waals surface area contributed by atoms with Crippen molar-refractivity contribution in [3.05, 3.63) is 27.2 Å². The summed E-state index contributed by atoms with van der Waals surface area (Å²) in [5.41, 5.74) is -1.01. The van der Waals surface area contributed by atoms with Gasteiger partial charge in [-0.3, -0.25) is 9.59 Å². The van der Waals surface area contributed by atoms with Gasteiger partial charge in [0, 0.05) is 5.02 Å². The maximum absolute atomic E-state index is 12.5. The summed E-state index contributed by atoms with van der Waals surface area (Å²) >= 11 is 18.0. The molecule has 0 N–H and O–H groups in total. The summed E-state index contributed by atoms with van der Waals surface area (Å²) in [7, 11) is 0. The van der Waals surface area contributed by atoms with E-state index < -0.39 is 23.3 Å². The molecule has 20 heavy (non-hydrogen) atoms. The molecule has 0 saturated carbocycles. The number of anilines is 1. The Kier molecular flexibility index (Phi) is 3.04. The molecule has 1 aromatic carbocycles. The van der Waals surface area contributed by atoms with E-state index in [0.717, 1.165) is 4.90 Å². The van der Waals surface area contributed by atoms with E-state index in [-0.39, 0.29) is 22.3 Å². The van der Waals surface area contributed by atoms with Gasteiger partial charge in [-0.1, -0.05) is 34.8 Å². The molecule has 2 aliphatic heterocycles. The molecule has 2 atom stereocenters. The first-order valence-electron chi connectivity index (χ1n) is 5.78. The van der Waals surface area contributed by atoms with E-state index in [4.69, 9.17) is 34.8 Å². The van der Waals surface area contributed by atoms with Gasteiger partial charge in [-0.05, 0) is 19.1 Å². The summed E-state index contributed by atoms with van der Waals surface area (Å²) in [6, 6.07) is 2.87. The van der Waals surface area contributed by atoms with Gasteiger partial charge in [-0.2, -0.15) is 10.2 Å². The number of amides is 2. The minimum atomic E-state index is -1.16. The van der Waals surface area contributed by atoms with E-state index >= 15 is 0 Å². The van der Waals surface area contributed by atoms with Crippen LogP contribution in [-0.2, 0) is 9.59 Å². The Hall–Kier alpha value is -1.17. The number of fused-ring (bicyclic) bond motifs is 1. The van der Waals surface area contributed by atoms with Crippen LogP contribution in [0.4, 0.5) is 5.69 Å². The first-order valence-corrected chi connectivity index (χ1v) is 6.91. The lowest BCUT2D eigenvalue weighted by Crippen LogP contribution is -2.37. The summed E-state index contributed by atoms with van der Waals surface area (Å²) in [5, 5.41) is 8.33. The third-order valence-electron chi connectivity index (χ3n) is 3.58. The van der Waals surface area contributed by atoms with Crippen LogP contribution in [0.2, 0.25) is 15.1 Å². The van der Waals surface area contributed by atoms with Crippen molar-refractivity contribution in [1.29, 1.82) is 0 Å². The molecule has 0 radical (unpaired) electrons. The monoisotopic (exact) mass is 331 g/mol. The number of azo groups is 1. The highest BCUT2D eigenvalue weighted by atomic mass is 35.5. The van der Waals surface area contributed by atoms with Crippen LogP contribution < -0.4 is 4.90 Å². The zero-order valence-corrected chi connectivity index (χ0v) is 12.5. The number of hydrogen-bond acceptors (Lipinski definition) is 4. The topological polar surface area (TPSA) is 62.1 Å². The molecular formula is C12H8Cl3N3O2. The maximum atomic E-state index is 12.5. The Balaban J connectivity index is 2.15. The van der Waals surface area contributed by atoms with E-state index in [0.29, 0.717) is 5.02 Å². The average Bonchev–Trinajstić information content (AvgIpc) is 2.81. The zero-order valence-electron chi connectivity index (χ0n) is 10.2. The normalized spacial score (nSPS) is 28.4. The summed E-state index contributed by atoms with van der Waals surface area (Å²) in [4.78, 5) is 25.9. The molecule has 0 bridgehead atoms. The van der Waals surface area contributed by atoms with Crippen molar-refractivity contribution in [1.82, 2.24) is 0 Å². The number of nitrogens with zero attached hydrogens (tertiary/aromatic N) is 3. The standard InChI is InChI=1S/C12H8Cl3N3O2/c1-12-6(4-16-17-12)10(19)18(11(12)20)9-7(14)2-5(13)3-8(9)15/h2-3,6H,4H2,1H3. The van der Waals surface area contributed by atoms with Crippen molar-refractivity contribution in [3.8, 4) is 0 Å². The average molecular weight is 333 g/mol. The Morgan fingerprint density at radius 1 is 1.25 bits per heavy atom. The first kappa shape index (κ1) is 13.8. The first-order chi connectivity index (χ1) is 9.36. The fourth-order valence-electron chi connectivity index (χ4n) is 2.47. The highest BCUT2D eigenvalue weighted by molar-refractivity contribution is 6.44. The predicted molar refractivity (Wildman–Crippen MR) is 75.6 cm³/mol. The Labute approximate surface area is 129 Å². The molecule has 0 spiro atoms. The van der Waals surface area contributed by atoms with Gasteiger partial charge in [0.05, 0.1) is 28.2 Å². The maximum Gasteiger partial charge on any atom is 0.264 e. The van der Waals surface area contributed by atoms with Crippen LogP contribution >= 0.6 is 34.8 Å². The number of halogens is 3. The van der Waals surface area contributed by atoms with Gasteiger partial charge >= 0.3 is 0 Å². The van der Waals surface area contributed by atoms with Crippen molar-refractivity contribution in [2.24, 2.45) is 16.1 Å². The molecule has 5 nitrogen and oxygen atoms in total. The van der Waals surface area contributed by atoms with Gasteiger partial charge in [-0.15, -0.1) is 0 Å². The highest BCUT2D eigenvalue weighted by Crippen LogP contribution is 2.45. The quantitative estimate of drug-likeness (QED) is 0.740. The third kappa shape index (κ3) is 1.70. The minimum absolute atomic E-state index is 0.143. The van der Waals surface area contributed by atoms with Crippen molar-refractivity contribution in [2.45, 2.75) is 12.5 Å². The SMILES string of the molecule is CC12N=NCC1C(=O)N(c1c(Cl)cc(Cl)cc1Cl)C2=O. The van der Waals surface area contributed by atoms with Crippen LogP contribution in [0.5, 0.6) is 0 Å². The zero-order chi connectivity index (χ0) is 14.7. The smallest absolute Gasteiger partial charge is 0.264 e. The molecule has 8 heteroatoms. The summed E-state index contributed by atoms with van der Waals surface area (Å²) in [6.45, 7) is 1.78. The highest BCUT2D eigenvalue weighted by Gasteiger charge is 2.60. The van der Waals surface area contributed by atoms with Gasteiger partial charge in [0.1, 0.15) is 0 Å². The van der Waals surface area contributed by atoms with Crippen molar-refractivity contribution < 1.29 is 9.59 Å². The number of carbonyl (C=O) groups is 2. The summed E-state index contributed by atoms with van der Waals surface area (Å²) in [6.07, 6.45) is 0. The fourth-order valence-corrected chi connectivity index (χ4v) is 3.46. The van der Waals surface area contributed by atoms with Gasteiger partial charge in [0.2, 0.25) is 5.91 Å². The second-order valence-corrected chi connectivity index (χ2v) is 6.07. The van der Waals surface area contributed by atoms with E-state index in [1.54, 1.807) is 6.92 Å². The number of benzene rings is 1. The molecule has 3 rings (SSSR count). The summed E-state index contributed by atoms with van der Waals surface area (Å²) < 4.78 is 0. The van der Waals surface area contributed by atoms with Crippen LogP contribution in [0.1, 0.15) is 6.92 Å². The van der Waals surface area contributed by atoms with Crippen LogP contribution in [0.25, 0.3) is 0 Å². The molecular weight excluding hydrogens is 325 g/mol. The molecule has 2 aliphatic rings. The Morgan fingerprint density at radius 2 is 1.85 bits per heavy atom. The Bertz CT molecular complexity index is 653. The molecule has 0 aromatic heterocycles. The number of rotatable bonds is 1. The second kappa shape index (κ2) is 4.41. The lowest BCUT2D eigenvalue weighted by Gasteiger charge is -2.19. The fraction of sp³-hybridized carbons (Fsp3) is 0.333. The number of imide groups is 1. The second-order valence-electron chi connectivity index (χ2n) is 4.82. The van der Waals surface area contributed by atoms with Crippen LogP contribution in [-0.4, -0.2) is 23.9 Å². The lowest BCUT2D eigenvalue weighted by atomic mass is 9.90. The minimum Gasteiger partial charge on any atom is -0.274 e. The lowest BCUT2D eigenvalue weighted by molar-refractivity contribution is -0.122. The molecule has 2 unspecified atom stereocenters. The van der Waals surface area contributed by atoms with Crippen LogP contribution in [0, 0.1) is 5.92 Å². The van der Waals surface area contributed by atoms with E-state index in [1.807, 2.05) is 0 Å². The van der Waals surface area contributed by atoms with Crippen molar-refractivity contribution in [3.63, 3.8) is 0 Å². The van der Waals surface area contributed by atoms with Gasteiger partial charge in [0.15, 0.2) is 5.54 Å². The summed E-state index contributed by atoms with van der Waals surface area (Å²) in [5.74, 6) is -1.47. The Morgan fingerprint density at radius 3 is 2.40 bits per heavy atom. The van der Waals surface area contributed by atoms with Crippen molar-refractivity contribution >= 4 is 52.3 Å². The molecule has 0 aliphatic carbocycles. The van der Waals surface area contributed by atoms with Crippen LogP contribution in [0.3, 0.4) is 0 Å². The van der Waals surface area contributed by atoms with Gasteiger partial charge in [-0.25, -0.2) is 4.90 Å². The largest absolute Gasteiger partial charge is 0.274 e. The van der Waals surface area contributed by atoms with Crippen LogP contribution in [0.15, 0.2) is 22.4 Å². The van der Waals surface area contributed by atoms with E-state index in [1.165, 1.54) is 12.1 Å². The van der Waals surface area contributed by atoms with Crippen molar-refractivity contribution in [2.75, 3.05) is 11.4 Å². The molecule has 2 amide bonds. The van der Waals surface area contributed by atoms with Gasteiger partial charge < -0.3 is 0 Å². The van der Waals surface area contributed by atoms with Gasteiger partial charge in [0.25, 0.3) is 5.91 Å². The molecule has 104 valence electrons. The third-order valence-corrected chi connectivity index (χ3v) is 4.38. The number of hydrogen-bond donors (Lipinski definition) is 0. The molecule has 1 aromatic rings.